The molecule has 166 valence electrons. The van der Waals surface area contributed by atoms with Gasteiger partial charge in [0.1, 0.15) is 6.04 Å². The van der Waals surface area contributed by atoms with Crippen LogP contribution in [0.4, 0.5) is 0 Å². The van der Waals surface area contributed by atoms with Crippen LogP contribution in [0.3, 0.4) is 0 Å². The highest BCUT2D eigenvalue weighted by Gasteiger charge is 2.35. The Morgan fingerprint density at radius 2 is 1.81 bits per heavy atom. The number of hydrogen-bond acceptors (Lipinski definition) is 6. The van der Waals surface area contributed by atoms with Crippen molar-refractivity contribution < 1.29 is 18.0 Å². The van der Waals surface area contributed by atoms with Gasteiger partial charge in [-0.1, -0.05) is 36.4 Å². The van der Waals surface area contributed by atoms with Gasteiger partial charge in [0.15, 0.2) is 9.84 Å². The average molecular weight is 462 g/mol. The van der Waals surface area contributed by atoms with E-state index in [2.05, 4.69) is 10.2 Å². The van der Waals surface area contributed by atoms with E-state index in [1.807, 2.05) is 41.8 Å². The second-order valence-corrected chi connectivity index (χ2v) is 11.3. The maximum Gasteiger partial charge on any atom is 0.262 e. The molecule has 7 nitrogen and oxygen atoms in total. The lowest BCUT2D eigenvalue weighted by Gasteiger charge is -2.39. The fraction of sp³-hybridized carbons (Fsp3) is 0.455. The highest BCUT2D eigenvalue weighted by atomic mass is 32.2. The molecule has 0 unspecified atom stereocenters. The van der Waals surface area contributed by atoms with Crippen LogP contribution in [0.1, 0.15) is 21.7 Å². The molecule has 2 amide bonds. The molecule has 9 heteroatoms. The molecule has 0 radical (unpaired) electrons. The summed E-state index contributed by atoms with van der Waals surface area (Å²) in [6.45, 7) is 2.39. The van der Waals surface area contributed by atoms with Crippen molar-refractivity contribution in [3.8, 4) is 0 Å². The third-order valence-corrected chi connectivity index (χ3v) is 8.60. The number of piperazine rings is 1. The zero-order valence-electron chi connectivity index (χ0n) is 17.3. The highest BCUT2D eigenvalue weighted by molar-refractivity contribution is 7.91. The first-order valence-electron chi connectivity index (χ1n) is 10.5. The van der Waals surface area contributed by atoms with E-state index in [0.29, 0.717) is 43.9 Å². The molecule has 31 heavy (non-hydrogen) atoms. The monoisotopic (exact) mass is 461 g/mol. The Balaban J connectivity index is 1.41. The Morgan fingerprint density at radius 1 is 1.06 bits per heavy atom. The molecule has 0 saturated carbocycles. The summed E-state index contributed by atoms with van der Waals surface area (Å²) in [5, 5.41) is 4.77. The summed E-state index contributed by atoms with van der Waals surface area (Å²) in [5.41, 5.74) is 0.988. The summed E-state index contributed by atoms with van der Waals surface area (Å²) in [6.07, 6.45) is 1.10. The molecule has 3 heterocycles. The average Bonchev–Trinajstić information content (AvgIpc) is 3.43. The minimum absolute atomic E-state index is 0.0564. The Kier molecular flexibility index (Phi) is 6.74. The van der Waals surface area contributed by atoms with Gasteiger partial charge in [-0.3, -0.25) is 14.5 Å². The fourth-order valence-corrected chi connectivity index (χ4v) is 6.67. The number of carbonyl (C=O) groups excluding carboxylic acids is 2. The molecule has 1 N–H and O–H groups in total. The van der Waals surface area contributed by atoms with Crippen molar-refractivity contribution in [2.45, 2.75) is 24.9 Å². The van der Waals surface area contributed by atoms with Gasteiger partial charge >= 0.3 is 0 Å². The molecule has 0 spiro atoms. The van der Waals surface area contributed by atoms with Crippen LogP contribution in [-0.4, -0.2) is 79.8 Å². The van der Waals surface area contributed by atoms with Crippen molar-refractivity contribution in [1.82, 2.24) is 15.1 Å². The van der Waals surface area contributed by atoms with Crippen molar-refractivity contribution in [2.75, 3.05) is 37.7 Å². The van der Waals surface area contributed by atoms with Crippen molar-refractivity contribution in [2.24, 2.45) is 0 Å². The normalized spacial score (nSPS) is 22.2. The van der Waals surface area contributed by atoms with Crippen molar-refractivity contribution in [3.63, 3.8) is 0 Å². The minimum atomic E-state index is -2.93. The number of benzene rings is 1. The molecule has 2 aliphatic heterocycles. The predicted octanol–water partition coefficient (Wildman–Crippen LogP) is 1.42. The molecule has 0 aliphatic carbocycles. The number of carbonyl (C=O) groups is 2. The summed E-state index contributed by atoms with van der Waals surface area (Å²) in [6, 6.07) is 12.7. The quantitative estimate of drug-likeness (QED) is 0.703. The molecular formula is C22H27N3O4S2. The molecular weight excluding hydrogens is 434 g/mol. The van der Waals surface area contributed by atoms with Gasteiger partial charge in [-0.25, -0.2) is 8.42 Å². The predicted molar refractivity (Wildman–Crippen MR) is 121 cm³/mol. The van der Waals surface area contributed by atoms with Gasteiger partial charge in [0, 0.05) is 38.6 Å². The summed E-state index contributed by atoms with van der Waals surface area (Å²) < 4.78 is 23.6. The number of thiophene rings is 1. The SMILES string of the molecule is O=C(N[C@@H](Cc1ccccc1)C(=O)N1CCN([C@H]2CCS(=O)(=O)C2)CC1)c1cccs1. The molecule has 2 fully saturated rings. The van der Waals surface area contributed by atoms with E-state index in [-0.39, 0.29) is 29.4 Å². The molecule has 4 rings (SSSR count). The number of nitrogens with zero attached hydrogens (tertiary/aromatic N) is 2. The lowest BCUT2D eigenvalue weighted by atomic mass is 10.0. The van der Waals surface area contributed by atoms with Crippen LogP contribution in [-0.2, 0) is 21.1 Å². The molecule has 0 bridgehead atoms. The Bertz CT molecular complexity index is 1000. The minimum Gasteiger partial charge on any atom is -0.339 e. The third kappa shape index (κ3) is 5.53. The van der Waals surface area contributed by atoms with Crippen LogP contribution in [0.25, 0.3) is 0 Å². The zero-order valence-corrected chi connectivity index (χ0v) is 18.9. The maximum atomic E-state index is 13.3. The van der Waals surface area contributed by atoms with E-state index >= 15 is 0 Å². The van der Waals surface area contributed by atoms with Gasteiger partial charge < -0.3 is 10.2 Å². The first-order chi connectivity index (χ1) is 14.9. The van der Waals surface area contributed by atoms with Gasteiger partial charge in [0.25, 0.3) is 5.91 Å². The van der Waals surface area contributed by atoms with Gasteiger partial charge in [-0.15, -0.1) is 11.3 Å². The Labute approximate surface area is 187 Å². The van der Waals surface area contributed by atoms with Crippen molar-refractivity contribution in [1.29, 1.82) is 0 Å². The second kappa shape index (κ2) is 9.50. The first kappa shape index (κ1) is 22.0. The van der Waals surface area contributed by atoms with Gasteiger partial charge in [0.2, 0.25) is 5.91 Å². The van der Waals surface area contributed by atoms with E-state index in [4.69, 9.17) is 0 Å². The number of hydrogen-bond donors (Lipinski definition) is 1. The number of rotatable bonds is 6. The van der Waals surface area contributed by atoms with Crippen LogP contribution < -0.4 is 5.32 Å². The van der Waals surface area contributed by atoms with Gasteiger partial charge in [-0.05, 0) is 23.4 Å². The smallest absolute Gasteiger partial charge is 0.262 e. The first-order valence-corrected chi connectivity index (χ1v) is 13.2. The van der Waals surface area contributed by atoms with Crippen molar-refractivity contribution >= 4 is 33.0 Å². The molecule has 2 aromatic rings. The molecule has 2 aliphatic rings. The largest absolute Gasteiger partial charge is 0.339 e. The topological polar surface area (TPSA) is 86.8 Å². The summed E-state index contributed by atoms with van der Waals surface area (Å²) in [4.78, 5) is 30.5. The van der Waals surface area contributed by atoms with Crippen LogP contribution in [0.2, 0.25) is 0 Å². The van der Waals surface area contributed by atoms with E-state index in [9.17, 15) is 18.0 Å². The lowest BCUT2D eigenvalue weighted by Crippen LogP contribution is -2.57. The summed E-state index contributed by atoms with van der Waals surface area (Å²) in [5.74, 6) is 0.144. The molecule has 1 aromatic carbocycles. The molecule has 2 saturated heterocycles. The Morgan fingerprint density at radius 3 is 2.42 bits per heavy atom. The van der Waals surface area contributed by atoms with Crippen LogP contribution in [0.15, 0.2) is 47.8 Å². The molecule has 2 atom stereocenters. The van der Waals surface area contributed by atoms with Gasteiger partial charge in [-0.2, -0.15) is 0 Å². The van der Waals surface area contributed by atoms with Gasteiger partial charge in [0.05, 0.1) is 16.4 Å². The standard InChI is InChI=1S/C22H27N3O4S2/c26-21(20-7-4-13-30-20)23-19(15-17-5-2-1-3-6-17)22(27)25-11-9-24(10-12-25)18-8-14-31(28,29)16-18/h1-7,13,18-19H,8-12,14-16H2,(H,23,26)/t18-,19-/m0/s1. The maximum absolute atomic E-state index is 13.3. The summed E-state index contributed by atoms with van der Waals surface area (Å²) in [7, 11) is -2.93. The zero-order chi connectivity index (χ0) is 21.8. The van der Waals surface area contributed by atoms with E-state index in [1.165, 1.54) is 11.3 Å². The van der Waals surface area contributed by atoms with Crippen LogP contribution >= 0.6 is 11.3 Å². The van der Waals surface area contributed by atoms with E-state index < -0.39 is 15.9 Å². The second-order valence-electron chi connectivity index (χ2n) is 8.11. The van der Waals surface area contributed by atoms with Crippen LogP contribution in [0, 0.1) is 0 Å². The van der Waals surface area contributed by atoms with E-state index in [0.717, 1.165) is 5.56 Å². The molecule has 1 aromatic heterocycles. The lowest BCUT2D eigenvalue weighted by molar-refractivity contribution is -0.135. The van der Waals surface area contributed by atoms with E-state index in [1.54, 1.807) is 11.0 Å². The van der Waals surface area contributed by atoms with Crippen molar-refractivity contribution in [3.05, 3.63) is 58.3 Å². The highest BCUT2D eigenvalue weighted by Crippen LogP contribution is 2.20. The summed E-state index contributed by atoms with van der Waals surface area (Å²) >= 11 is 1.35. The third-order valence-electron chi connectivity index (χ3n) is 5.98. The Hall–Kier alpha value is -2.23. The van der Waals surface area contributed by atoms with Crippen LogP contribution in [0.5, 0.6) is 0 Å². The number of nitrogens with one attached hydrogen (secondary N) is 1. The number of amides is 2. The number of sulfone groups is 1. The fourth-order valence-electron chi connectivity index (χ4n) is 4.28.